The molecule has 0 aliphatic heterocycles. The van der Waals surface area contributed by atoms with Gasteiger partial charge in [0.2, 0.25) is 0 Å². The Balaban J connectivity index is 2.95. The Kier molecular flexibility index (Phi) is 3.99. The fraction of sp³-hybridized carbons (Fsp3) is 0.300. The van der Waals surface area contributed by atoms with Gasteiger partial charge in [-0.3, -0.25) is 0 Å². The van der Waals surface area contributed by atoms with Gasteiger partial charge >= 0.3 is 96.9 Å². The molecule has 0 aliphatic carbocycles. The maximum absolute atomic E-state index is 7.39. The van der Waals surface area contributed by atoms with Crippen LogP contribution in [-0.2, 0) is 0 Å². The number of ether oxygens (including phenoxy) is 1. The quantitative estimate of drug-likeness (QED) is 0.668. The molecule has 1 radical (unpaired) electrons. The Morgan fingerprint density at radius 2 is 2.14 bits per heavy atom. The van der Waals surface area contributed by atoms with Crippen molar-refractivity contribution in [3.63, 3.8) is 0 Å². The predicted octanol–water partition coefficient (Wildman–Crippen LogP) is 2.62. The molecule has 0 aliphatic rings. The summed E-state index contributed by atoms with van der Waals surface area (Å²) in [6.45, 7) is 3.89. The topological polar surface area (TPSA) is 33.1 Å². The van der Waals surface area contributed by atoms with Gasteiger partial charge in [-0.25, -0.2) is 0 Å². The van der Waals surface area contributed by atoms with E-state index in [0.29, 0.717) is 15.4 Å². The summed E-state index contributed by atoms with van der Waals surface area (Å²) < 4.78 is 5.84. The Morgan fingerprint density at radius 3 is 2.57 bits per heavy atom. The summed E-state index contributed by atoms with van der Waals surface area (Å²) in [4.78, 5) is 0. The summed E-state index contributed by atoms with van der Waals surface area (Å²) in [6, 6.07) is 5.31. The van der Waals surface area contributed by atoms with Crippen molar-refractivity contribution >= 4 is 32.2 Å². The number of rotatable bonds is 3. The second kappa shape index (κ2) is 4.83. The number of benzene rings is 1. The van der Waals surface area contributed by atoms with Crippen LogP contribution in [0.25, 0.3) is 0 Å². The Bertz CT molecular complexity index is 352. The molecule has 0 bridgehead atoms. The summed E-state index contributed by atoms with van der Waals surface area (Å²) >= 11 is 8.61. The first-order valence-corrected chi connectivity index (χ1v) is 5.46. The van der Waals surface area contributed by atoms with E-state index in [9.17, 15) is 0 Å². The molecule has 0 unspecified atom stereocenters. The van der Waals surface area contributed by atoms with Crippen molar-refractivity contribution < 1.29 is 4.74 Å². The van der Waals surface area contributed by atoms with Gasteiger partial charge in [0.1, 0.15) is 0 Å². The van der Waals surface area contributed by atoms with E-state index in [1.165, 1.54) is 0 Å². The van der Waals surface area contributed by atoms with Gasteiger partial charge in [0.05, 0.1) is 0 Å². The van der Waals surface area contributed by atoms with Gasteiger partial charge < -0.3 is 0 Å². The average molecular weight is 276 g/mol. The van der Waals surface area contributed by atoms with Crippen molar-refractivity contribution in [3.05, 3.63) is 28.8 Å². The third-order valence-electron chi connectivity index (χ3n) is 1.56. The minimum absolute atomic E-state index is 0.103. The molecule has 0 saturated heterocycles. The van der Waals surface area contributed by atoms with Crippen molar-refractivity contribution in [3.8, 4) is 5.75 Å². The van der Waals surface area contributed by atoms with Crippen LogP contribution in [0.3, 0.4) is 0 Å². The SMILES string of the molecule is CC(C)Oc1ccc(C(=N)[Se])cc1Cl. The van der Waals surface area contributed by atoms with Crippen LogP contribution in [0.5, 0.6) is 5.75 Å². The molecule has 75 valence electrons. The van der Waals surface area contributed by atoms with E-state index in [2.05, 4.69) is 16.0 Å². The van der Waals surface area contributed by atoms with Crippen molar-refractivity contribution in [1.29, 1.82) is 5.41 Å². The standard InChI is InChI=1S/C10H11ClNOSe/c1-6(2)13-9-4-3-7(10(12)14)5-8(9)11/h3-6,12H,1-2H3. The molecule has 0 amide bonds. The van der Waals surface area contributed by atoms with Crippen molar-refractivity contribution in [2.45, 2.75) is 20.0 Å². The number of hydrogen-bond acceptors (Lipinski definition) is 2. The molecule has 1 N–H and O–H groups in total. The van der Waals surface area contributed by atoms with Crippen LogP contribution < -0.4 is 4.74 Å². The first-order chi connectivity index (χ1) is 6.50. The van der Waals surface area contributed by atoms with Crippen LogP contribution in [0.2, 0.25) is 5.02 Å². The third kappa shape index (κ3) is 3.02. The van der Waals surface area contributed by atoms with Gasteiger partial charge in [-0.2, -0.15) is 0 Å². The zero-order valence-corrected chi connectivity index (χ0v) is 10.5. The fourth-order valence-electron chi connectivity index (χ4n) is 0.992. The van der Waals surface area contributed by atoms with Gasteiger partial charge in [-0.15, -0.1) is 0 Å². The van der Waals surface area contributed by atoms with Crippen LogP contribution in [0, 0.1) is 5.41 Å². The van der Waals surface area contributed by atoms with Gasteiger partial charge in [-0.05, 0) is 0 Å². The van der Waals surface area contributed by atoms with Crippen LogP contribution in [-0.4, -0.2) is 26.7 Å². The molecule has 0 aromatic heterocycles. The summed E-state index contributed by atoms with van der Waals surface area (Å²) in [5, 5.41) is 7.93. The molecule has 14 heavy (non-hydrogen) atoms. The summed E-state index contributed by atoms with van der Waals surface area (Å²) in [5.74, 6) is 0.659. The second-order valence-corrected chi connectivity index (χ2v) is 4.40. The summed E-state index contributed by atoms with van der Waals surface area (Å²) in [6.07, 6.45) is 0.103. The van der Waals surface area contributed by atoms with E-state index >= 15 is 0 Å². The Morgan fingerprint density at radius 1 is 1.50 bits per heavy atom. The van der Waals surface area contributed by atoms with Gasteiger partial charge in [-0.1, -0.05) is 0 Å². The first kappa shape index (κ1) is 11.6. The van der Waals surface area contributed by atoms with Crippen molar-refractivity contribution in [2.75, 3.05) is 0 Å². The first-order valence-electron chi connectivity index (χ1n) is 4.23. The van der Waals surface area contributed by atoms with Gasteiger partial charge in [0, 0.05) is 0 Å². The molecular formula is C10H11ClNOSe. The van der Waals surface area contributed by atoms with E-state index in [-0.39, 0.29) is 6.10 Å². The van der Waals surface area contributed by atoms with Gasteiger partial charge in [0.15, 0.2) is 0 Å². The van der Waals surface area contributed by atoms with E-state index in [1.54, 1.807) is 12.1 Å². The number of nitrogens with one attached hydrogen (secondary N) is 1. The zero-order valence-electron chi connectivity index (χ0n) is 8.00. The van der Waals surface area contributed by atoms with Gasteiger partial charge in [0.25, 0.3) is 0 Å². The second-order valence-electron chi connectivity index (χ2n) is 3.14. The van der Waals surface area contributed by atoms with Crippen molar-refractivity contribution in [2.24, 2.45) is 0 Å². The minimum atomic E-state index is 0.103. The fourth-order valence-corrected chi connectivity index (χ4v) is 1.48. The summed E-state index contributed by atoms with van der Waals surface area (Å²) in [7, 11) is 0. The summed E-state index contributed by atoms with van der Waals surface area (Å²) in [5.41, 5.74) is 0.770. The van der Waals surface area contributed by atoms with E-state index < -0.39 is 0 Å². The van der Waals surface area contributed by atoms with E-state index in [0.717, 1.165) is 5.56 Å². The number of hydrogen-bond donors (Lipinski definition) is 1. The van der Waals surface area contributed by atoms with Crippen LogP contribution >= 0.6 is 11.6 Å². The van der Waals surface area contributed by atoms with E-state index in [4.69, 9.17) is 21.7 Å². The zero-order chi connectivity index (χ0) is 10.7. The molecule has 1 aromatic rings. The van der Waals surface area contributed by atoms with Crippen LogP contribution in [0.1, 0.15) is 19.4 Å². The molecular weight excluding hydrogens is 265 g/mol. The monoisotopic (exact) mass is 276 g/mol. The molecule has 2 nitrogen and oxygen atoms in total. The Labute approximate surface area is 96.9 Å². The van der Waals surface area contributed by atoms with Crippen LogP contribution in [0.15, 0.2) is 18.2 Å². The van der Waals surface area contributed by atoms with Crippen molar-refractivity contribution in [1.82, 2.24) is 0 Å². The maximum atomic E-state index is 7.39. The molecule has 1 rings (SSSR count). The predicted molar refractivity (Wildman–Crippen MR) is 59.8 cm³/mol. The molecule has 0 fully saturated rings. The number of halogens is 1. The normalized spacial score (nSPS) is 10.3. The molecule has 0 heterocycles. The molecule has 0 spiro atoms. The molecule has 4 heteroatoms. The molecule has 0 atom stereocenters. The molecule has 1 aromatic carbocycles. The van der Waals surface area contributed by atoms with E-state index in [1.807, 2.05) is 19.9 Å². The van der Waals surface area contributed by atoms with Crippen LogP contribution in [0.4, 0.5) is 0 Å². The third-order valence-corrected chi connectivity index (χ3v) is 2.35. The average Bonchev–Trinajstić information content (AvgIpc) is 2.07. The molecule has 0 saturated carbocycles. The Hall–Kier alpha value is -0.501.